The Balaban J connectivity index is 2.16. The SMILES string of the molecule is CCn1nc(C)c2nc(CCl)n(Cc3ncc(C)o3)c21. The van der Waals surface area contributed by atoms with E-state index in [-0.39, 0.29) is 0 Å². The van der Waals surface area contributed by atoms with Crippen molar-refractivity contribution in [2.24, 2.45) is 0 Å². The van der Waals surface area contributed by atoms with Crippen molar-refractivity contribution in [1.82, 2.24) is 24.3 Å². The molecule has 3 heterocycles. The molecule has 20 heavy (non-hydrogen) atoms. The normalized spacial score (nSPS) is 11.6. The van der Waals surface area contributed by atoms with Crippen LogP contribution in [-0.4, -0.2) is 24.3 Å². The average Bonchev–Trinajstić information content (AvgIpc) is 3.08. The Bertz CT molecular complexity index is 754. The summed E-state index contributed by atoms with van der Waals surface area (Å²) in [7, 11) is 0. The molecule has 0 aliphatic rings. The molecule has 3 aromatic heterocycles. The van der Waals surface area contributed by atoms with Gasteiger partial charge < -0.3 is 8.98 Å². The predicted molar refractivity (Wildman–Crippen MR) is 75.8 cm³/mol. The molecule has 0 saturated carbocycles. The summed E-state index contributed by atoms with van der Waals surface area (Å²) in [5.74, 6) is 2.59. The van der Waals surface area contributed by atoms with E-state index in [4.69, 9.17) is 16.0 Å². The van der Waals surface area contributed by atoms with Crippen LogP contribution in [-0.2, 0) is 19.0 Å². The van der Waals surface area contributed by atoms with Crippen molar-refractivity contribution >= 4 is 22.8 Å². The average molecular weight is 294 g/mol. The molecule has 0 aliphatic carbocycles. The Kier molecular flexibility index (Phi) is 3.25. The number of alkyl halides is 1. The van der Waals surface area contributed by atoms with Crippen LogP contribution < -0.4 is 0 Å². The molecule has 3 aromatic rings. The molecular formula is C13H16ClN5O. The summed E-state index contributed by atoms with van der Waals surface area (Å²) in [6, 6.07) is 0. The molecule has 0 bridgehead atoms. The van der Waals surface area contributed by atoms with E-state index in [9.17, 15) is 0 Å². The molecule has 3 rings (SSSR count). The number of imidazole rings is 1. The second-order valence-corrected chi connectivity index (χ2v) is 4.95. The van der Waals surface area contributed by atoms with E-state index >= 15 is 0 Å². The summed E-state index contributed by atoms with van der Waals surface area (Å²) < 4.78 is 9.51. The number of aryl methyl sites for hydroxylation is 3. The molecule has 0 atom stereocenters. The van der Waals surface area contributed by atoms with Gasteiger partial charge in [-0.2, -0.15) is 5.10 Å². The van der Waals surface area contributed by atoms with Gasteiger partial charge in [0.2, 0.25) is 5.89 Å². The summed E-state index contributed by atoms with van der Waals surface area (Å²) in [4.78, 5) is 8.83. The molecule has 0 fully saturated rings. The van der Waals surface area contributed by atoms with Crippen LogP contribution in [0.15, 0.2) is 10.6 Å². The van der Waals surface area contributed by atoms with Gasteiger partial charge in [0.25, 0.3) is 0 Å². The minimum absolute atomic E-state index is 0.345. The standard InChI is InChI=1S/C13H16ClN5O/c1-4-19-13-12(9(3)17-19)16-10(5-14)18(13)7-11-15-6-8(2)20-11/h6H,4-5,7H2,1-3H3. The van der Waals surface area contributed by atoms with Crippen LogP contribution in [0.3, 0.4) is 0 Å². The minimum atomic E-state index is 0.345. The van der Waals surface area contributed by atoms with E-state index < -0.39 is 0 Å². The van der Waals surface area contributed by atoms with Crippen LogP contribution >= 0.6 is 11.6 Å². The van der Waals surface area contributed by atoms with Crippen LogP contribution in [0, 0.1) is 13.8 Å². The first-order valence-corrected chi connectivity index (χ1v) is 7.07. The number of aromatic nitrogens is 5. The zero-order valence-corrected chi connectivity index (χ0v) is 12.5. The van der Waals surface area contributed by atoms with E-state index in [0.29, 0.717) is 18.3 Å². The van der Waals surface area contributed by atoms with Crippen molar-refractivity contribution in [3.63, 3.8) is 0 Å². The fraction of sp³-hybridized carbons (Fsp3) is 0.462. The molecule has 0 amide bonds. The molecule has 0 spiro atoms. The minimum Gasteiger partial charge on any atom is -0.444 e. The summed E-state index contributed by atoms with van der Waals surface area (Å²) in [5.41, 5.74) is 2.78. The van der Waals surface area contributed by atoms with Crippen molar-refractivity contribution in [3.05, 3.63) is 29.4 Å². The van der Waals surface area contributed by atoms with Gasteiger partial charge in [-0.15, -0.1) is 11.6 Å². The van der Waals surface area contributed by atoms with Crippen molar-refractivity contribution < 1.29 is 4.42 Å². The molecule has 0 unspecified atom stereocenters. The van der Waals surface area contributed by atoms with E-state index in [1.54, 1.807) is 6.20 Å². The third kappa shape index (κ3) is 2.00. The number of hydrogen-bond acceptors (Lipinski definition) is 4. The van der Waals surface area contributed by atoms with E-state index in [1.165, 1.54) is 0 Å². The maximum Gasteiger partial charge on any atom is 0.214 e. The van der Waals surface area contributed by atoms with Crippen molar-refractivity contribution in [2.75, 3.05) is 0 Å². The van der Waals surface area contributed by atoms with Crippen molar-refractivity contribution in [2.45, 2.75) is 39.7 Å². The molecule has 6 nitrogen and oxygen atoms in total. The Labute approximate surface area is 121 Å². The third-order valence-electron chi connectivity index (χ3n) is 3.26. The van der Waals surface area contributed by atoms with Gasteiger partial charge in [0.15, 0.2) is 5.65 Å². The molecule has 0 radical (unpaired) electrons. The number of fused-ring (bicyclic) bond motifs is 1. The van der Waals surface area contributed by atoms with Crippen molar-refractivity contribution in [1.29, 1.82) is 0 Å². The molecule has 0 saturated heterocycles. The number of hydrogen-bond donors (Lipinski definition) is 0. The second kappa shape index (κ2) is 4.94. The van der Waals surface area contributed by atoms with Gasteiger partial charge in [0.05, 0.1) is 17.8 Å². The highest BCUT2D eigenvalue weighted by Crippen LogP contribution is 2.22. The summed E-state index contributed by atoms with van der Waals surface area (Å²) in [6.07, 6.45) is 1.71. The number of halogens is 1. The first-order valence-electron chi connectivity index (χ1n) is 6.53. The van der Waals surface area contributed by atoms with Gasteiger partial charge in [-0.05, 0) is 20.8 Å². The lowest BCUT2D eigenvalue weighted by atomic mass is 10.4. The lowest BCUT2D eigenvalue weighted by Crippen LogP contribution is -2.09. The highest BCUT2D eigenvalue weighted by Gasteiger charge is 2.19. The fourth-order valence-electron chi connectivity index (χ4n) is 2.37. The highest BCUT2D eigenvalue weighted by atomic mass is 35.5. The smallest absolute Gasteiger partial charge is 0.214 e. The van der Waals surface area contributed by atoms with Gasteiger partial charge >= 0.3 is 0 Å². The number of nitrogens with zero attached hydrogens (tertiary/aromatic N) is 5. The fourth-order valence-corrected chi connectivity index (χ4v) is 2.57. The first kappa shape index (κ1) is 13.2. The summed E-state index contributed by atoms with van der Waals surface area (Å²) in [6.45, 7) is 7.18. The highest BCUT2D eigenvalue weighted by molar-refractivity contribution is 6.16. The van der Waals surface area contributed by atoms with Crippen molar-refractivity contribution in [3.8, 4) is 0 Å². The predicted octanol–water partition coefficient (Wildman–Crippen LogP) is 2.64. The molecule has 7 heteroatoms. The Morgan fingerprint density at radius 3 is 2.75 bits per heavy atom. The van der Waals surface area contributed by atoms with E-state index in [0.717, 1.165) is 35.0 Å². The summed E-state index contributed by atoms with van der Waals surface area (Å²) >= 11 is 6.02. The van der Waals surface area contributed by atoms with Crippen LogP contribution in [0.1, 0.15) is 30.1 Å². The Morgan fingerprint density at radius 1 is 1.35 bits per heavy atom. The van der Waals surface area contributed by atoms with Gasteiger partial charge in [0, 0.05) is 6.54 Å². The van der Waals surface area contributed by atoms with Gasteiger partial charge in [0.1, 0.15) is 23.6 Å². The number of oxazole rings is 1. The van der Waals surface area contributed by atoms with Gasteiger partial charge in [-0.1, -0.05) is 0 Å². The Morgan fingerprint density at radius 2 is 2.15 bits per heavy atom. The maximum absolute atomic E-state index is 6.02. The zero-order valence-electron chi connectivity index (χ0n) is 11.7. The monoisotopic (exact) mass is 293 g/mol. The topological polar surface area (TPSA) is 61.7 Å². The third-order valence-corrected chi connectivity index (χ3v) is 3.50. The molecular weight excluding hydrogens is 278 g/mol. The van der Waals surface area contributed by atoms with Crippen LogP contribution in [0.25, 0.3) is 11.2 Å². The maximum atomic E-state index is 6.02. The molecule has 0 aromatic carbocycles. The van der Waals surface area contributed by atoms with Crippen LogP contribution in [0.2, 0.25) is 0 Å². The molecule has 0 aliphatic heterocycles. The lowest BCUT2D eigenvalue weighted by molar-refractivity contribution is 0.455. The lowest BCUT2D eigenvalue weighted by Gasteiger charge is -2.06. The Hall–Kier alpha value is -1.82. The van der Waals surface area contributed by atoms with Crippen LogP contribution in [0.5, 0.6) is 0 Å². The van der Waals surface area contributed by atoms with Gasteiger partial charge in [-0.25, -0.2) is 14.6 Å². The summed E-state index contributed by atoms with van der Waals surface area (Å²) in [5, 5.41) is 4.49. The number of rotatable bonds is 4. The van der Waals surface area contributed by atoms with Crippen LogP contribution in [0.4, 0.5) is 0 Å². The largest absolute Gasteiger partial charge is 0.444 e. The van der Waals surface area contributed by atoms with Gasteiger partial charge in [-0.3, -0.25) is 0 Å². The molecule has 0 N–H and O–H groups in total. The first-order chi connectivity index (χ1) is 9.63. The van der Waals surface area contributed by atoms with E-state index in [2.05, 4.69) is 22.0 Å². The van der Waals surface area contributed by atoms with E-state index in [1.807, 2.05) is 23.1 Å². The quantitative estimate of drug-likeness (QED) is 0.694. The second-order valence-electron chi connectivity index (χ2n) is 4.69. The zero-order chi connectivity index (χ0) is 14.3. The molecule has 106 valence electrons.